The lowest BCUT2D eigenvalue weighted by molar-refractivity contribution is 0.0926. The van der Waals surface area contributed by atoms with Gasteiger partial charge in [-0.05, 0) is 55.7 Å². The van der Waals surface area contributed by atoms with Crippen LogP contribution in [0.25, 0.3) is 0 Å². The van der Waals surface area contributed by atoms with Crippen LogP contribution in [-0.4, -0.2) is 42.1 Å². The minimum atomic E-state index is 0.0221. The van der Waals surface area contributed by atoms with E-state index in [-0.39, 0.29) is 17.4 Å². The van der Waals surface area contributed by atoms with Crippen molar-refractivity contribution < 1.29 is 4.79 Å². The molecule has 1 aliphatic carbocycles. The molecule has 2 N–H and O–H groups in total. The van der Waals surface area contributed by atoms with Gasteiger partial charge in [0.1, 0.15) is 17.5 Å². The Labute approximate surface area is 180 Å². The second-order valence-electron chi connectivity index (χ2n) is 9.55. The van der Waals surface area contributed by atoms with Crippen molar-refractivity contribution in [1.29, 1.82) is 0 Å². The van der Waals surface area contributed by atoms with Crippen molar-refractivity contribution in [3.05, 3.63) is 47.3 Å². The van der Waals surface area contributed by atoms with Gasteiger partial charge >= 0.3 is 0 Å². The standard InChI is InChI=1S/C24H35N5O/c1-16-25-21(15-22(26-16)29(5)6)27-19-11-13-20(14-12-19)28-23(30)17-7-9-18(10-8-17)24(2,3)4/h7-10,15,19-20H,11-14H2,1-6H3,(H,28,30)(H,25,26,27). The van der Waals surface area contributed by atoms with E-state index in [1.54, 1.807) is 0 Å². The van der Waals surface area contributed by atoms with Crippen molar-refractivity contribution in [2.24, 2.45) is 0 Å². The molecule has 0 aliphatic heterocycles. The molecule has 0 atom stereocenters. The summed E-state index contributed by atoms with van der Waals surface area (Å²) in [4.78, 5) is 23.6. The van der Waals surface area contributed by atoms with E-state index in [1.807, 2.05) is 44.1 Å². The molecule has 30 heavy (non-hydrogen) atoms. The van der Waals surface area contributed by atoms with E-state index in [2.05, 4.69) is 53.5 Å². The molecule has 1 aliphatic rings. The third kappa shape index (κ3) is 5.71. The number of aryl methyl sites for hydroxylation is 1. The molecule has 0 unspecified atom stereocenters. The number of nitrogens with one attached hydrogen (secondary N) is 2. The van der Waals surface area contributed by atoms with Crippen molar-refractivity contribution in [2.75, 3.05) is 24.3 Å². The third-order valence-electron chi connectivity index (χ3n) is 5.71. The molecule has 0 saturated heterocycles. The van der Waals surface area contributed by atoms with Crippen LogP contribution in [-0.2, 0) is 5.41 Å². The van der Waals surface area contributed by atoms with Gasteiger partial charge in [-0.1, -0.05) is 32.9 Å². The van der Waals surface area contributed by atoms with Crippen LogP contribution in [0.5, 0.6) is 0 Å². The summed E-state index contributed by atoms with van der Waals surface area (Å²) in [6, 6.07) is 10.6. The molecular weight excluding hydrogens is 374 g/mol. The maximum Gasteiger partial charge on any atom is 0.251 e. The summed E-state index contributed by atoms with van der Waals surface area (Å²) in [6.07, 6.45) is 3.95. The third-order valence-corrected chi connectivity index (χ3v) is 5.71. The van der Waals surface area contributed by atoms with Crippen LogP contribution in [0.4, 0.5) is 11.6 Å². The Morgan fingerprint density at radius 1 is 1.00 bits per heavy atom. The molecular formula is C24H35N5O. The summed E-state index contributed by atoms with van der Waals surface area (Å²) >= 11 is 0. The minimum absolute atomic E-state index is 0.0221. The molecule has 3 rings (SSSR count). The zero-order chi connectivity index (χ0) is 21.9. The van der Waals surface area contributed by atoms with Gasteiger partial charge in [-0.15, -0.1) is 0 Å². The van der Waals surface area contributed by atoms with Crippen LogP contribution in [0.3, 0.4) is 0 Å². The summed E-state index contributed by atoms with van der Waals surface area (Å²) < 4.78 is 0. The van der Waals surface area contributed by atoms with Crippen LogP contribution in [0.15, 0.2) is 30.3 Å². The SMILES string of the molecule is Cc1nc(NC2CCC(NC(=O)c3ccc(C(C)(C)C)cc3)CC2)cc(N(C)C)n1. The molecule has 6 nitrogen and oxygen atoms in total. The number of aromatic nitrogens is 2. The number of carbonyl (C=O) groups excluding carboxylic acids is 1. The van der Waals surface area contributed by atoms with Gasteiger partial charge in [-0.25, -0.2) is 9.97 Å². The Balaban J connectivity index is 1.51. The van der Waals surface area contributed by atoms with Gasteiger partial charge in [-0.2, -0.15) is 0 Å². The molecule has 1 aromatic heterocycles. The van der Waals surface area contributed by atoms with Crippen LogP contribution in [0.2, 0.25) is 0 Å². The van der Waals surface area contributed by atoms with Crippen LogP contribution >= 0.6 is 0 Å². The monoisotopic (exact) mass is 409 g/mol. The zero-order valence-corrected chi connectivity index (χ0v) is 19.1. The summed E-state index contributed by atoms with van der Waals surface area (Å²) in [5, 5.41) is 6.76. The number of benzene rings is 1. The second-order valence-corrected chi connectivity index (χ2v) is 9.55. The molecule has 0 bridgehead atoms. The van der Waals surface area contributed by atoms with Gasteiger partial charge in [0.15, 0.2) is 0 Å². The highest BCUT2D eigenvalue weighted by Crippen LogP contribution is 2.24. The van der Waals surface area contributed by atoms with Crippen molar-refractivity contribution in [3.8, 4) is 0 Å². The van der Waals surface area contributed by atoms with Crippen molar-refractivity contribution in [1.82, 2.24) is 15.3 Å². The first kappa shape index (κ1) is 22.1. The Hall–Kier alpha value is -2.63. The van der Waals surface area contributed by atoms with Gasteiger partial charge < -0.3 is 15.5 Å². The second kappa shape index (κ2) is 9.02. The Kier molecular flexibility index (Phi) is 6.64. The highest BCUT2D eigenvalue weighted by Gasteiger charge is 2.23. The first-order chi connectivity index (χ1) is 14.1. The van der Waals surface area contributed by atoms with Crippen molar-refractivity contribution >= 4 is 17.5 Å². The van der Waals surface area contributed by atoms with Crippen LogP contribution < -0.4 is 15.5 Å². The molecule has 1 aromatic carbocycles. The number of anilines is 2. The normalized spacial score (nSPS) is 19.3. The van der Waals surface area contributed by atoms with Gasteiger partial charge in [0.25, 0.3) is 5.91 Å². The van der Waals surface area contributed by atoms with Crippen LogP contribution in [0, 0.1) is 6.92 Å². The molecule has 1 fully saturated rings. The van der Waals surface area contributed by atoms with Crippen molar-refractivity contribution in [2.45, 2.75) is 70.9 Å². The summed E-state index contributed by atoms with van der Waals surface area (Å²) in [5.74, 6) is 2.57. The average Bonchev–Trinajstić information content (AvgIpc) is 2.68. The molecule has 162 valence electrons. The highest BCUT2D eigenvalue weighted by molar-refractivity contribution is 5.94. The average molecular weight is 410 g/mol. The molecule has 1 saturated carbocycles. The number of hydrogen-bond donors (Lipinski definition) is 2. The first-order valence-corrected chi connectivity index (χ1v) is 10.8. The molecule has 2 aromatic rings. The Bertz CT molecular complexity index is 862. The predicted molar refractivity (Wildman–Crippen MR) is 123 cm³/mol. The van der Waals surface area contributed by atoms with E-state index in [1.165, 1.54) is 5.56 Å². The quantitative estimate of drug-likeness (QED) is 0.770. The lowest BCUT2D eigenvalue weighted by Gasteiger charge is -2.30. The summed E-state index contributed by atoms with van der Waals surface area (Å²) in [5.41, 5.74) is 2.06. The first-order valence-electron chi connectivity index (χ1n) is 10.8. The Morgan fingerprint density at radius 3 is 2.17 bits per heavy atom. The largest absolute Gasteiger partial charge is 0.367 e. The van der Waals surface area contributed by atoms with Gasteiger partial charge in [0, 0.05) is 37.8 Å². The zero-order valence-electron chi connectivity index (χ0n) is 19.1. The van der Waals surface area contributed by atoms with E-state index >= 15 is 0 Å². The van der Waals surface area contributed by atoms with Gasteiger partial charge in [-0.3, -0.25) is 4.79 Å². The number of hydrogen-bond acceptors (Lipinski definition) is 5. The molecule has 1 heterocycles. The minimum Gasteiger partial charge on any atom is -0.367 e. The number of rotatable bonds is 5. The molecule has 1 amide bonds. The molecule has 0 spiro atoms. The fourth-order valence-corrected chi connectivity index (χ4v) is 3.84. The smallest absolute Gasteiger partial charge is 0.251 e. The predicted octanol–water partition coefficient (Wildman–Crippen LogP) is 4.30. The van der Waals surface area contributed by atoms with E-state index in [0.717, 1.165) is 48.7 Å². The number of carbonyl (C=O) groups is 1. The van der Waals surface area contributed by atoms with Crippen LogP contribution in [0.1, 0.15) is 68.2 Å². The Morgan fingerprint density at radius 2 is 1.60 bits per heavy atom. The lowest BCUT2D eigenvalue weighted by atomic mass is 9.86. The van der Waals surface area contributed by atoms with Gasteiger partial charge in [0.05, 0.1) is 0 Å². The van der Waals surface area contributed by atoms with Gasteiger partial charge in [0.2, 0.25) is 0 Å². The molecule has 6 heteroatoms. The maximum absolute atomic E-state index is 12.6. The van der Waals surface area contributed by atoms with E-state index in [4.69, 9.17) is 0 Å². The summed E-state index contributed by atoms with van der Waals surface area (Å²) in [7, 11) is 3.96. The number of amides is 1. The topological polar surface area (TPSA) is 70.2 Å². The van der Waals surface area contributed by atoms with E-state index in [0.29, 0.717) is 6.04 Å². The number of nitrogens with zero attached hydrogens (tertiary/aromatic N) is 3. The fraction of sp³-hybridized carbons (Fsp3) is 0.542. The maximum atomic E-state index is 12.6. The summed E-state index contributed by atoms with van der Waals surface area (Å²) in [6.45, 7) is 8.45. The van der Waals surface area contributed by atoms with Crippen molar-refractivity contribution in [3.63, 3.8) is 0 Å². The highest BCUT2D eigenvalue weighted by atomic mass is 16.1. The lowest BCUT2D eigenvalue weighted by Crippen LogP contribution is -2.40. The van der Waals surface area contributed by atoms with E-state index in [9.17, 15) is 4.79 Å². The van der Waals surface area contributed by atoms with E-state index < -0.39 is 0 Å². The molecule has 0 radical (unpaired) electrons. The fourth-order valence-electron chi connectivity index (χ4n) is 3.84.